The molecule has 0 aromatic heterocycles. The van der Waals surface area contributed by atoms with Crippen LogP contribution in [0.5, 0.6) is 0 Å². The molecule has 1 radical (unpaired) electrons. The van der Waals surface area contributed by atoms with Crippen molar-refractivity contribution < 1.29 is 32.7 Å². The van der Waals surface area contributed by atoms with Crippen LogP contribution >= 0.6 is 0 Å². The van der Waals surface area contributed by atoms with Crippen molar-refractivity contribution in [1.82, 2.24) is 0 Å². The Hall–Kier alpha value is 0.324. The molecule has 0 aliphatic carbocycles. The van der Waals surface area contributed by atoms with E-state index in [-0.39, 0.29) is 32.7 Å². The first-order chi connectivity index (χ1) is 7.24. The Bertz CT molecular complexity index is 211. The minimum atomic E-state index is 0. The smallest absolute Gasteiger partial charge is 0 e. The number of hydrogen-bond acceptors (Lipinski definition) is 0. The molecular weight excluding hydrogens is 269 g/mol. The van der Waals surface area contributed by atoms with Crippen molar-refractivity contribution in [3.8, 4) is 0 Å². The second-order valence-electron chi connectivity index (χ2n) is 3.15. The molecule has 0 atom stereocenters. The van der Waals surface area contributed by atoms with Gasteiger partial charge in [-0.25, -0.2) is 0 Å². The van der Waals surface area contributed by atoms with Gasteiger partial charge in [-0.3, -0.25) is 0 Å². The van der Waals surface area contributed by atoms with Crippen molar-refractivity contribution in [2.45, 2.75) is 53.9 Å². The van der Waals surface area contributed by atoms with E-state index in [1.807, 2.05) is 27.7 Å². The van der Waals surface area contributed by atoms with Crippen LogP contribution in [0.25, 0.3) is 0 Å². The average molecular weight is 296 g/mol. The van der Waals surface area contributed by atoms with Gasteiger partial charge >= 0.3 is 0 Å². The van der Waals surface area contributed by atoms with Crippen LogP contribution in [-0.4, -0.2) is 0 Å². The van der Waals surface area contributed by atoms with Gasteiger partial charge in [-0.15, -0.1) is 0 Å². The van der Waals surface area contributed by atoms with Crippen molar-refractivity contribution in [2.24, 2.45) is 0 Å². The van der Waals surface area contributed by atoms with Crippen molar-refractivity contribution >= 4 is 0 Å². The predicted molar refractivity (Wildman–Crippen MR) is 72.3 cm³/mol. The molecule has 0 saturated heterocycles. The Morgan fingerprint density at radius 2 is 1.31 bits per heavy atom. The van der Waals surface area contributed by atoms with Crippen molar-refractivity contribution in [1.29, 1.82) is 0 Å². The Kier molecular flexibility index (Phi) is 20.7. The van der Waals surface area contributed by atoms with Crippen LogP contribution in [0.3, 0.4) is 0 Å². The van der Waals surface area contributed by atoms with Gasteiger partial charge in [0.1, 0.15) is 0 Å². The maximum Gasteiger partial charge on any atom is 0 e. The van der Waals surface area contributed by atoms with Gasteiger partial charge < -0.3 is 6.92 Å². The van der Waals surface area contributed by atoms with E-state index in [1.165, 1.54) is 11.1 Å². The van der Waals surface area contributed by atoms with Gasteiger partial charge in [0.15, 0.2) is 0 Å². The van der Waals surface area contributed by atoms with E-state index in [0.717, 1.165) is 6.42 Å². The van der Waals surface area contributed by atoms with Crippen LogP contribution in [0.4, 0.5) is 0 Å². The maximum atomic E-state index is 3.83. The molecule has 0 aliphatic heterocycles. The summed E-state index contributed by atoms with van der Waals surface area (Å²) in [6.07, 6.45) is 0.887. The minimum Gasteiger partial charge on any atom is -0.339 e. The van der Waals surface area contributed by atoms with Gasteiger partial charge in [0, 0.05) is 32.7 Å². The molecule has 91 valence electrons. The summed E-state index contributed by atoms with van der Waals surface area (Å²) >= 11 is 0. The van der Waals surface area contributed by atoms with E-state index in [2.05, 4.69) is 45.0 Å². The summed E-state index contributed by atoms with van der Waals surface area (Å²) < 4.78 is 0. The van der Waals surface area contributed by atoms with Crippen LogP contribution in [0.1, 0.15) is 58.6 Å². The third kappa shape index (κ3) is 9.54. The van der Waals surface area contributed by atoms with Crippen LogP contribution < -0.4 is 0 Å². The number of benzene rings is 1. The molecule has 16 heavy (non-hydrogen) atoms. The molecule has 0 unspecified atom stereocenters. The van der Waals surface area contributed by atoms with Crippen molar-refractivity contribution in [3.63, 3.8) is 0 Å². The van der Waals surface area contributed by atoms with Gasteiger partial charge in [-0.2, -0.15) is 6.42 Å². The first kappa shape index (κ1) is 21.6. The SMILES string of the molecule is CC.CC.[CH2-]Cc1ccc(C(C)C)cc1.[Y]. The van der Waals surface area contributed by atoms with E-state index in [0.29, 0.717) is 5.92 Å². The standard InChI is InChI=1S/C11H15.2C2H6.Y/c1-4-10-5-7-11(8-6-10)9(2)3;2*1-2;/h5-9H,1,4H2,2-3H3;2*1-2H3;/q-1;;;. The molecule has 0 bridgehead atoms. The molecule has 0 aliphatic rings. The Balaban J connectivity index is -0.000000305. The molecule has 0 amide bonds. The minimum absolute atomic E-state index is 0. The monoisotopic (exact) mass is 296 g/mol. The molecule has 0 nitrogen and oxygen atoms in total. The fraction of sp³-hybridized carbons (Fsp3) is 0.533. The van der Waals surface area contributed by atoms with Gasteiger partial charge in [-0.1, -0.05) is 71.4 Å². The number of rotatable bonds is 2. The molecule has 0 N–H and O–H groups in total. The zero-order valence-electron chi connectivity index (χ0n) is 11.9. The van der Waals surface area contributed by atoms with Crippen LogP contribution in [0, 0.1) is 6.92 Å². The summed E-state index contributed by atoms with van der Waals surface area (Å²) in [6.45, 7) is 16.2. The normalized spacial score (nSPS) is 8.00. The second kappa shape index (κ2) is 15.3. The third-order valence-electron chi connectivity index (χ3n) is 1.94. The summed E-state index contributed by atoms with van der Waals surface area (Å²) in [5, 5.41) is 0. The van der Waals surface area contributed by atoms with Crippen LogP contribution in [0.2, 0.25) is 0 Å². The Labute approximate surface area is 128 Å². The van der Waals surface area contributed by atoms with E-state index in [1.54, 1.807) is 0 Å². The molecule has 0 fully saturated rings. The first-order valence-corrected chi connectivity index (χ1v) is 6.12. The van der Waals surface area contributed by atoms with Gasteiger partial charge in [0.05, 0.1) is 0 Å². The molecule has 0 heterocycles. The van der Waals surface area contributed by atoms with Crippen molar-refractivity contribution in [2.75, 3.05) is 0 Å². The quantitative estimate of drug-likeness (QED) is 0.655. The molecule has 1 aromatic rings. The molecule has 1 heteroatoms. The van der Waals surface area contributed by atoms with E-state index in [9.17, 15) is 0 Å². The molecule has 0 saturated carbocycles. The molecular formula is C15H27Y-. The third-order valence-corrected chi connectivity index (χ3v) is 1.94. The van der Waals surface area contributed by atoms with E-state index >= 15 is 0 Å². The van der Waals surface area contributed by atoms with E-state index < -0.39 is 0 Å². The molecule has 1 rings (SSSR count). The Morgan fingerprint density at radius 1 is 0.938 bits per heavy atom. The Morgan fingerprint density at radius 3 is 1.56 bits per heavy atom. The first-order valence-electron chi connectivity index (χ1n) is 6.12. The average Bonchev–Trinajstić information content (AvgIpc) is 2.34. The molecule has 1 aromatic carbocycles. The van der Waals surface area contributed by atoms with Crippen molar-refractivity contribution in [3.05, 3.63) is 42.3 Å². The fourth-order valence-corrected chi connectivity index (χ4v) is 1.07. The molecule has 0 spiro atoms. The summed E-state index contributed by atoms with van der Waals surface area (Å²) in [6, 6.07) is 8.68. The van der Waals surface area contributed by atoms with Gasteiger partial charge in [0.25, 0.3) is 0 Å². The summed E-state index contributed by atoms with van der Waals surface area (Å²) in [5.74, 6) is 0.633. The topological polar surface area (TPSA) is 0 Å². The number of hydrogen-bond donors (Lipinski definition) is 0. The van der Waals surface area contributed by atoms with Crippen LogP contribution in [0.15, 0.2) is 24.3 Å². The van der Waals surface area contributed by atoms with Crippen LogP contribution in [-0.2, 0) is 39.1 Å². The fourth-order valence-electron chi connectivity index (χ4n) is 1.07. The summed E-state index contributed by atoms with van der Waals surface area (Å²) in [5.41, 5.74) is 2.72. The van der Waals surface area contributed by atoms with Gasteiger partial charge in [-0.05, 0) is 11.5 Å². The zero-order valence-corrected chi connectivity index (χ0v) is 14.7. The zero-order chi connectivity index (χ0) is 12.3. The van der Waals surface area contributed by atoms with Gasteiger partial charge in [0.2, 0.25) is 0 Å². The largest absolute Gasteiger partial charge is 0.339 e. The predicted octanol–water partition coefficient (Wildman–Crippen LogP) is 5.24. The summed E-state index contributed by atoms with van der Waals surface area (Å²) in [7, 11) is 0. The second-order valence-corrected chi connectivity index (χ2v) is 3.15. The van der Waals surface area contributed by atoms with E-state index in [4.69, 9.17) is 0 Å². The summed E-state index contributed by atoms with van der Waals surface area (Å²) in [4.78, 5) is 0. The maximum absolute atomic E-state index is 3.83.